The van der Waals surface area contributed by atoms with Crippen LogP contribution in [-0.4, -0.2) is 23.9 Å². The summed E-state index contributed by atoms with van der Waals surface area (Å²) in [5.74, 6) is -0.458. The summed E-state index contributed by atoms with van der Waals surface area (Å²) in [6.07, 6.45) is -4.23. The molecular formula is C13H10F6N2O2S. The maximum absolute atomic E-state index is 13.2. The molecule has 11 heteroatoms. The smallest absolute Gasteiger partial charge is 0.240 e. The summed E-state index contributed by atoms with van der Waals surface area (Å²) < 4.78 is 101. The van der Waals surface area contributed by atoms with Crippen molar-refractivity contribution >= 4 is 20.7 Å². The van der Waals surface area contributed by atoms with Gasteiger partial charge in [0.25, 0.3) is 9.84 Å². The molecule has 0 radical (unpaired) electrons. The lowest BCUT2D eigenvalue weighted by Crippen LogP contribution is -2.24. The second-order valence-electron chi connectivity index (χ2n) is 5.23. The van der Waals surface area contributed by atoms with E-state index in [-0.39, 0.29) is 17.1 Å². The van der Waals surface area contributed by atoms with Crippen LogP contribution in [0.25, 0.3) is 10.9 Å². The Kier molecular flexibility index (Phi) is 4.28. The van der Waals surface area contributed by atoms with Gasteiger partial charge in [0.1, 0.15) is 6.33 Å². The van der Waals surface area contributed by atoms with Crippen LogP contribution in [0.2, 0.25) is 0 Å². The van der Waals surface area contributed by atoms with Crippen LogP contribution < -0.4 is 0 Å². The van der Waals surface area contributed by atoms with E-state index in [1.165, 1.54) is 0 Å². The van der Waals surface area contributed by atoms with Crippen LogP contribution in [0.4, 0.5) is 26.3 Å². The first-order valence-corrected chi connectivity index (χ1v) is 7.92. The van der Waals surface area contributed by atoms with E-state index in [0.717, 1.165) is 6.33 Å². The molecule has 0 fully saturated rings. The van der Waals surface area contributed by atoms with Crippen molar-refractivity contribution in [2.24, 2.45) is 0 Å². The topological polar surface area (TPSA) is 59.9 Å². The summed E-state index contributed by atoms with van der Waals surface area (Å²) in [5.41, 5.74) is -7.92. The predicted octanol–water partition coefficient (Wildman–Crippen LogP) is 4.07. The van der Waals surface area contributed by atoms with E-state index in [2.05, 4.69) is 9.97 Å². The van der Waals surface area contributed by atoms with Gasteiger partial charge in [0.2, 0.25) is 0 Å². The van der Waals surface area contributed by atoms with Crippen molar-refractivity contribution in [1.82, 2.24) is 9.97 Å². The highest BCUT2D eigenvalue weighted by Crippen LogP contribution is 2.40. The highest BCUT2D eigenvalue weighted by Gasteiger charge is 2.48. The van der Waals surface area contributed by atoms with Crippen molar-refractivity contribution < 1.29 is 34.8 Å². The molecule has 1 aromatic carbocycles. The largest absolute Gasteiger partial charge is 0.501 e. The first kappa shape index (κ1) is 18.4. The molecule has 1 aromatic heterocycles. The first-order valence-electron chi connectivity index (χ1n) is 6.44. The Hall–Kier alpha value is -1.91. The molecular weight excluding hydrogens is 362 g/mol. The van der Waals surface area contributed by atoms with Crippen LogP contribution in [0.1, 0.15) is 31.0 Å². The Balaban J connectivity index is 2.99. The van der Waals surface area contributed by atoms with Gasteiger partial charge in [0, 0.05) is 5.39 Å². The van der Waals surface area contributed by atoms with E-state index >= 15 is 0 Å². The standard InChI is InChI=1S/C13H10F6N2O2S/c1-6(2)10-8-3-7(24(22,23)13(17,18)19)4-9(12(14,15)16)11(8)21-5-20-10/h3-6H,1-2H3. The van der Waals surface area contributed by atoms with Crippen molar-refractivity contribution in [3.63, 3.8) is 0 Å². The second-order valence-corrected chi connectivity index (χ2v) is 7.17. The number of rotatable bonds is 2. The molecule has 4 nitrogen and oxygen atoms in total. The van der Waals surface area contributed by atoms with Crippen LogP contribution in [0, 0.1) is 0 Å². The Morgan fingerprint density at radius 1 is 1.00 bits per heavy atom. The van der Waals surface area contributed by atoms with E-state index in [4.69, 9.17) is 0 Å². The highest BCUT2D eigenvalue weighted by atomic mass is 32.2. The van der Waals surface area contributed by atoms with Crippen LogP contribution in [0.15, 0.2) is 23.4 Å². The van der Waals surface area contributed by atoms with E-state index in [1.807, 2.05) is 0 Å². The Morgan fingerprint density at radius 2 is 1.58 bits per heavy atom. The number of aromatic nitrogens is 2. The highest BCUT2D eigenvalue weighted by molar-refractivity contribution is 7.92. The number of hydrogen-bond acceptors (Lipinski definition) is 4. The normalized spacial score (nSPS) is 13.7. The van der Waals surface area contributed by atoms with E-state index in [9.17, 15) is 34.8 Å². The van der Waals surface area contributed by atoms with Gasteiger partial charge in [-0.3, -0.25) is 0 Å². The zero-order valence-corrected chi connectivity index (χ0v) is 13.0. The van der Waals surface area contributed by atoms with Gasteiger partial charge < -0.3 is 0 Å². The Labute approximate surface area is 132 Å². The number of halogens is 6. The molecule has 0 N–H and O–H groups in total. The number of benzene rings is 1. The SMILES string of the molecule is CC(C)c1ncnc2c(C(F)(F)F)cc(S(=O)(=O)C(F)(F)F)cc12. The molecule has 24 heavy (non-hydrogen) atoms. The molecule has 0 bridgehead atoms. The summed E-state index contributed by atoms with van der Waals surface area (Å²) >= 11 is 0. The molecule has 0 atom stereocenters. The van der Waals surface area contributed by atoms with Crippen LogP contribution in [-0.2, 0) is 16.0 Å². The first-order chi connectivity index (χ1) is 10.8. The third-order valence-electron chi connectivity index (χ3n) is 3.21. The maximum atomic E-state index is 13.2. The average Bonchev–Trinajstić information content (AvgIpc) is 2.42. The van der Waals surface area contributed by atoms with Crippen molar-refractivity contribution in [2.45, 2.75) is 36.3 Å². The molecule has 0 spiro atoms. The summed E-state index contributed by atoms with van der Waals surface area (Å²) in [4.78, 5) is 5.74. The zero-order chi connectivity index (χ0) is 18.5. The monoisotopic (exact) mass is 372 g/mol. The summed E-state index contributed by atoms with van der Waals surface area (Å²) in [7, 11) is -5.95. The molecule has 0 aliphatic rings. The van der Waals surface area contributed by atoms with E-state index < -0.39 is 43.4 Å². The quantitative estimate of drug-likeness (QED) is 0.746. The van der Waals surface area contributed by atoms with Crippen molar-refractivity contribution in [2.75, 3.05) is 0 Å². The zero-order valence-electron chi connectivity index (χ0n) is 12.2. The van der Waals surface area contributed by atoms with Gasteiger partial charge in [0.15, 0.2) is 0 Å². The van der Waals surface area contributed by atoms with Crippen molar-refractivity contribution in [3.05, 3.63) is 29.7 Å². The number of alkyl halides is 6. The van der Waals surface area contributed by atoms with Gasteiger partial charge in [-0.05, 0) is 18.1 Å². The number of hydrogen-bond donors (Lipinski definition) is 0. The van der Waals surface area contributed by atoms with Crippen LogP contribution >= 0.6 is 0 Å². The fraction of sp³-hybridized carbons (Fsp3) is 0.385. The fourth-order valence-corrected chi connectivity index (χ4v) is 2.94. The summed E-state index contributed by atoms with van der Waals surface area (Å²) in [6, 6.07) is 0.477. The minimum absolute atomic E-state index is 0.0183. The van der Waals surface area contributed by atoms with Gasteiger partial charge in [0.05, 0.1) is 21.7 Å². The molecule has 2 rings (SSSR count). The third kappa shape index (κ3) is 3.04. The Morgan fingerprint density at radius 3 is 2.04 bits per heavy atom. The summed E-state index contributed by atoms with van der Waals surface area (Å²) in [6.45, 7) is 3.11. The van der Waals surface area contributed by atoms with Crippen LogP contribution in [0.5, 0.6) is 0 Å². The summed E-state index contributed by atoms with van der Waals surface area (Å²) in [5, 5.41) is -0.384. The molecule has 0 saturated carbocycles. The minimum atomic E-state index is -5.95. The molecule has 132 valence electrons. The van der Waals surface area contributed by atoms with Gasteiger partial charge in [-0.15, -0.1) is 0 Å². The molecule has 0 aliphatic heterocycles. The number of fused-ring (bicyclic) bond motifs is 1. The Bertz CT molecular complexity index is 888. The molecule has 0 saturated heterocycles. The predicted molar refractivity (Wildman–Crippen MR) is 71.9 cm³/mol. The second kappa shape index (κ2) is 5.57. The fourth-order valence-electron chi connectivity index (χ4n) is 2.13. The van der Waals surface area contributed by atoms with Gasteiger partial charge in [-0.2, -0.15) is 26.3 Å². The van der Waals surface area contributed by atoms with Crippen LogP contribution in [0.3, 0.4) is 0 Å². The van der Waals surface area contributed by atoms with Gasteiger partial charge >= 0.3 is 11.7 Å². The molecule has 0 aliphatic carbocycles. The lowest BCUT2D eigenvalue weighted by molar-refractivity contribution is -0.136. The number of sulfone groups is 1. The minimum Gasteiger partial charge on any atom is -0.240 e. The third-order valence-corrected chi connectivity index (χ3v) is 4.68. The molecule has 1 heterocycles. The average molecular weight is 372 g/mol. The van der Waals surface area contributed by atoms with Gasteiger partial charge in [-0.25, -0.2) is 18.4 Å². The number of nitrogens with zero attached hydrogens (tertiary/aromatic N) is 2. The van der Waals surface area contributed by atoms with E-state index in [1.54, 1.807) is 13.8 Å². The van der Waals surface area contributed by atoms with Gasteiger partial charge in [-0.1, -0.05) is 13.8 Å². The van der Waals surface area contributed by atoms with Crippen molar-refractivity contribution in [3.8, 4) is 0 Å². The molecule has 2 aromatic rings. The van der Waals surface area contributed by atoms with Crippen molar-refractivity contribution in [1.29, 1.82) is 0 Å². The lowest BCUT2D eigenvalue weighted by Gasteiger charge is -2.16. The molecule has 0 amide bonds. The lowest BCUT2D eigenvalue weighted by atomic mass is 10.0. The maximum Gasteiger partial charge on any atom is 0.501 e. The van der Waals surface area contributed by atoms with E-state index in [0.29, 0.717) is 6.07 Å². The molecule has 0 unspecified atom stereocenters.